The molecule has 0 bridgehead atoms. The molecule has 2 N–H and O–H groups in total. The average Bonchev–Trinajstić information content (AvgIpc) is 3.23. The van der Waals surface area contributed by atoms with Gasteiger partial charge in [0.05, 0.1) is 11.5 Å². The standard InChI is InChI=1S/C22H32N6O4/c1-25(2)18-9-7-8-17(14-18)23-20(15-28(31)32)24-19-10-3-4-13-27(22(19)30)16-21(29)26-11-5-6-12-26/h7-9,14-15,19,23-24H,3-6,10-13,16H2,1-2H3/b20-15+/t19-/m0/s1. The normalized spacial score (nSPS) is 19.5. The summed E-state index contributed by atoms with van der Waals surface area (Å²) in [6.07, 6.45) is 4.96. The highest BCUT2D eigenvalue weighted by atomic mass is 16.6. The lowest BCUT2D eigenvalue weighted by atomic mass is 10.1. The lowest BCUT2D eigenvalue weighted by molar-refractivity contribution is -0.403. The maximum absolute atomic E-state index is 13.2. The zero-order valence-corrected chi connectivity index (χ0v) is 18.7. The van der Waals surface area contributed by atoms with Gasteiger partial charge in [0.15, 0.2) is 5.82 Å². The van der Waals surface area contributed by atoms with E-state index in [-0.39, 0.29) is 24.2 Å². The number of amides is 2. The van der Waals surface area contributed by atoms with Crippen LogP contribution in [0.4, 0.5) is 11.4 Å². The van der Waals surface area contributed by atoms with Gasteiger partial charge in [-0.15, -0.1) is 0 Å². The van der Waals surface area contributed by atoms with Gasteiger partial charge in [0.2, 0.25) is 11.8 Å². The Morgan fingerprint density at radius 1 is 1.22 bits per heavy atom. The molecular weight excluding hydrogens is 412 g/mol. The van der Waals surface area contributed by atoms with Crippen molar-refractivity contribution in [1.82, 2.24) is 15.1 Å². The lowest BCUT2D eigenvalue weighted by Gasteiger charge is -2.27. The summed E-state index contributed by atoms with van der Waals surface area (Å²) in [4.78, 5) is 41.7. The van der Waals surface area contributed by atoms with Gasteiger partial charge in [-0.05, 0) is 50.3 Å². The number of rotatable bonds is 8. The lowest BCUT2D eigenvalue weighted by Crippen LogP contribution is -2.49. The molecule has 2 fully saturated rings. The third-order valence-electron chi connectivity index (χ3n) is 5.77. The van der Waals surface area contributed by atoms with E-state index in [1.807, 2.05) is 37.2 Å². The fourth-order valence-electron chi connectivity index (χ4n) is 4.04. The Morgan fingerprint density at radius 2 is 1.94 bits per heavy atom. The Labute approximate surface area is 188 Å². The molecule has 2 heterocycles. The fraction of sp³-hybridized carbons (Fsp3) is 0.545. The van der Waals surface area contributed by atoms with E-state index >= 15 is 0 Å². The maximum atomic E-state index is 13.2. The van der Waals surface area contributed by atoms with Crippen LogP contribution in [0.5, 0.6) is 0 Å². The summed E-state index contributed by atoms with van der Waals surface area (Å²) >= 11 is 0. The summed E-state index contributed by atoms with van der Waals surface area (Å²) in [5.41, 5.74) is 1.60. The van der Waals surface area contributed by atoms with Crippen LogP contribution in [0.1, 0.15) is 32.1 Å². The highest BCUT2D eigenvalue weighted by molar-refractivity contribution is 5.88. The van der Waals surface area contributed by atoms with Gasteiger partial charge < -0.3 is 25.3 Å². The molecule has 1 atom stereocenters. The first-order valence-electron chi connectivity index (χ1n) is 11.1. The van der Waals surface area contributed by atoms with E-state index in [0.29, 0.717) is 18.7 Å². The molecular formula is C22H32N6O4. The van der Waals surface area contributed by atoms with Gasteiger partial charge in [0.25, 0.3) is 6.20 Å². The van der Waals surface area contributed by atoms with Crippen molar-refractivity contribution in [2.45, 2.75) is 38.1 Å². The van der Waals surface area contributed by atoms with Crippen LogP contribution >= 0.6 is 0 Å². The maximum Gasteiger partial charge on any atom is 0.274 e. The van der Waals surface area contributed by atoms with Gasteiger partial charge in [-0.3, -0.25) is 19.7 Å². The number of hydrogen-bond donors (Lipinski definition) is 2. The van der Waals surface area contributed by atoms with E-state index < -0.39 is 11.0 Å². The number of nitro groups is 1. The summed E-state index contributed by atoms with van der Waals surface area (Å²) in [7, 11) is 3.82. The van der Waals surface area contributed by atoms with Crippen LogP contribution in [0, 0.1) is 10.1 Å². The quantitative estimate of drug-likeness (QED) is 0.465. The number of hydrogen-bond acceptors (Lipinski definition) is 7. The van der Waals surface area contributed by atoms with Crippen LogP contribution in [0.15, 0.2) is 36.3 Å². The summed E-state index contributed by atoms with van der Waals surface area (Å²) in [5, 5.41) is 17.3. The second-order valence-corrected chi connectivity index (χ2v) is 8.44. The van der Waals surface area contributed by atoms with E-state index in [1.54, 1.807) is 15.9 Å². The number of carbonyl (C=O) groups is 2. The van der Waals surface area contributed by atoms with E-state index in [0.717, 1.165) is 50.7 Å². The SMILES string of the molecule is CN(C)c1cccc(N/C(=C\[N+](=O)[O-])N[C@H]2CCCCN(CC(=O)N3CCCC3)C2=O)c1. The second kappa shape index (κ2) is 10.8. The molecule has 174 valence electrons. The molecule has 2 amide bonds. The van der Waals surface area contributed by atoms with Crippen LogP contribution in [0.3, 0.4) is 0 Å². The molecule has 2 aliphatic heterocycles. The van der Waals surface area contributed by atoms with Gasteiger partial charge >= 0.3 is 0 Å². The first-order chi connectivity index (χ1) is 15.3. The van der Waals surface area contributed by atoms with Gasteiger partial charge in [-0.1, -0.05) is 6.07 Å². The topological polar surface area (TPSA) is 111 Å². The van der Waals surface area contributed by atoms with Gasteiger partial charge in [0.1, 0.15) is 6.04 Å². The Bertz CT molecular complexity index is 866. The zero-order chi connectivity index (χ0) is 23.1. The molecule has 2 aliphatic rings. The summed E-state index contributed by atoms with van der Waals surface area (Å²) in [6.45, 7) is 2.06. The average molecular weight is 445 g/mol. The van der Waals surface area contributed by atoms with Crippen LogP contribution in [-0.2, 0) is 9.59 Å². The smallest absolute Gasteiger partial charge is 0.274 e. The number of anilines is 2. The second-order valence-electron chi connectivity index (χ2n) is 8.44. The van der Waals surface area contributed by atoms with E-state index in [9.17, 15) is 19.7 Å². The van der Waals surface area contributed by atoms with E-state index in [1.165, 1.54) is 0 Å². The number of carbonyl (C=O) groups excluding carboxylic acids is 2. The molecule has 0 aromatic heterocycles. The Hall–Kier alpha value is -3.30. The number of likely N-dealkylation sites (tertiary alicyclic amines) is 2. The third kappa shape index (κ3) is 6.35. The Morgan fingerprint density at radius 3 is 2.62 bits per heavy atom. The first-order valence-corrected chi connectivity index (χ1v) is 11.1. The molecule has 0 radical (unpaired) electrons. The van der Waals surface area contributed by atoms with Crippen molar-refractivity contribution in [2.24, 2.45) is 0 Å². The van der Waals surface area contributed by atoms with Crippen molar-refractivity contribution in [3.8, 4) is 0 Å². The fourth-order valence-corrected chi connectivity index (χ4v) is 4.04. The molecule has 0 saturated carbocycles. The summed E-state index contributed by atoms with van der Waals surface area (Å²) < 4.78 is 0. The molecule has 1 aromatic rings. The third-order valence-corrected chi connectivity index (χ3v) is 5.77. The number of nitrogens with one attached hydrogen (secondary N) is 2. The van der Waals surface area contributed by atoms with Gasteiger partial charge in [-0.25, -0.2) is 0 Å². The molecule has 0 aliphatic carbocycles. The molecule has 10 heteroatoms. The molecule has 3 rings (SSSR count). The Kier molecular flexibility index (Phi) is 7.91. The minimum Gasteiger partial charge on any atom is -0.378 e. The minimum absolute atomic E-state index is 0.0313. The number of benzene rings is 1. The van der Waals surface area contributed by atoms with Gasteiger partial charge in [0, 0.05) is 45.1 Å². The minimum atomic E-state index is -0.639. The predicted octanol–water partition coefficient (Wildman–Crippen LogP) is 1.83. The molecule has 0 spiro atoms. The Balaban J connectivity index is 1.71. The van der Waals surface area contributed by atoms with Crippen molar-refractivity contribution in [1.29, 1.82) is 0 Å². The van der Waals surface area contributed by atoms with Crippen LogP contribution < -0.4 is 15.5 Å². The van der Waals surface area contributed by atoms with Crippen molar-refractivity contribution in [3.05, 3.63) is 46.4 Å². The summed E-state index contributed by atoms with van der Waals surface area (Å²) in [6, 6.07) is 6.81. The van der Waals surface area contributed by atoms with Crippen molar-refractivity contribution >= 4 is 23.2 Å². The van der Waals surface area contributed by atoms with E-state index in [2.05, 4.69) is 10.6 Å². The monoisotopic (exact) mass is 444 g/mol. The molecule has 32 heavy (non-hydrogen) atoms. The molecule has 2 saturated heterocycles. The number of nitrogens with zero attached hydrogens (tertiary/aromatic N) is 4. The predicted molar refractivity (Wildman–Crippen MR) is 123 cm³/mol. The molecule has 0 unspecified atom stereocenters. The van der Waals surface area contributed by atoms with Crippen LogP contribution in [0.2, 0.25) is 0 Å². The summed E-state index contributed by atoms with van der Waals surface area (Å²) in [5.74, 6) is -0.0960. The van der Waals surface area contributed by atoms with Crippen molar-refractivity contribution < 1.29 is 14.5 Å². The zero-order valence-electron chi connectivity index (χ0n) is 18.7. The molecule has 1 aromatic carbocycles. The van der Waals surface area contributed by atoms with Crippen LogP contribution in [-0.4, -0.2) is 72.9 Å². The van der Waals surface area contributed by atoms with Crippen LogP contribution in [0.25, 0.3) is 0 Å². The highest BCUT2D eigenvalue weighted by Gasteiger charge is 2.30. The highest BCUT2D eigenvalue weighted by Crippen LogP contribution is 2.20. The largest absolute Gasteiger partial charge is 0.378 e. The van der Waals surface area contributed by atoms with Gasteiger partial charge in [-0.2, -0.15) is 0 Å². The molecule has 10 nitrogen and oxygen atoms in total. The first kappa shape index (κ1) is 23.4. The van der Waals surface area contributed by atoms with Crippen molar-refractivity contribution in [2.75, 3.05) is 50.5 Å². The van der Waals surface area contributed by atoms with Crippen molar-refractivity contribution in [3.63, 3.8) is 0 Å². The van der Waals surface area contributed by atoms with E-state index in [4.69, 9.17) is 0 Å².